The summed E-state index contributed by atoms with van der Waals surface area (Å²) in [7, 11) is -0.430. The van der Waals surface area contributed by atoms with Gasteiger partial charge in [0.25, 0.3) is 13.1 Å². The maximum absolute atomic E-state index is 13.4. The van der Waals surface area contributed by atoms with Crippen LogP contribution < -0.4 is 10.9 Å². The molecule has 7 heteroatoms. The van der Waals surface area contributed by atoms with Crippen LogP contribution in [0.15, 0.2) is 23.1 Å². The van der Waals surface area contributed by atoms with E-state index in [9.17, 15) is 18.4 Å². The van der Waals surface area contributed by atoms with E-state index in [1.165, 1.54) is 6.20 Å². The Labute approximate surface area is 112 Å². The molecule has 1 N–H and O–H groups in total. The minimum Gasteiger partial charge on any atom is -0.489 e. The van der Waals surface area contributed by atoms with Crippen molar-refractivity contribution in [1.29, 1.82) is 0 Å². The van der Waals surface area contributed by atoms with E-state index in [-0.39, 0.29) is 16.9 Å². The first-order chi connectivity index (χ1) is 9.47. The number of rotatable bonds is 3. The number of aromatic nitrogens is 1. The summed E-state index contributed by atoms with van der Waals surface area (Å²) in [5.74, 6) is -3.26. The minimum atomic E-state index is -1.13. The molecule has 4 nitrogen and oxygen atoms in total. The zero-order valence-corrected chi connectivity index (χ0v) is 10.4. The van der Waals surface area contributed by atoms with E-state index in [1.54, 1.807) is 4.57 Å². The number of hydrogen-bond donors (Lipinski definition) is 1. The lowest BCUT2D eigenvalue weighted by Gasteiger charge is -2.12. The van der Waals surface area contributed by atoms with Crippen molar-refractivity contribution in [1.82, 2.24) is 4.57 Å². The second-order valence-corrected chi connectivity index (χ2v) is 4.98. The molecule has 1 fully saturated rings. The zero-order chi connectivity index (χ0) is 14.4. The van der Waals surface area contributed by atoms with Crippen molar-refractivity contribution >= 4 is 29.5 Å². The van der Waals surface area contributed by atoms with E-state index in [1.807, 2.05) is 0 Å². The van der Waals surface area contributed by atoms with Crippen LogP contribution in [0.5, 0.6) is 0 Å². The van der Waals surface area contributed by atoms with E-state index in [0.29, 0.717) is 5.52 Å². The van der Waals surface area contributed by atoms with Gasteiger partial charge < -0.3 is 9.67 Å². The average Bonchev–Trinajstić information content (AvgIpc) is 3.19. The Kier molecular flexibility index (Phi) is 2.85. The molecule has 1 aliphatic carbocycles. The SMILES string of the molecule is O=C(O)Bc1cn(C2CC2)c2cc(F)c(F)cc2c1=O. The third-order valence-electron chi connectivity index (χ3n) is 3.43. The lowest BCUT2D eigenvalue weighted by Crippen LogP contribution is -2.37. The van der Waals surface area contributed by atoms with Gasteiger partial charge in [-0.05, 0) is 24.4 Å². The van der Waals surface area contributed by atoms with Gasteiger partial charge in [0.2, 0.25) is 0 Å². The molecule has 1 aromatic heterocycles. The predicted octanol–water partition coefficient (Wildman–Crippen LogP) is 1.35. The maximum Gasteiger partial charge on any atom is 0.299 e. The Bertz CT molecular complexity index is 783. The molecule has 0 spiro atoms. The number of carbonyl (C=O) groups is 1. The average molecular weight is 277 g/mol. The number of benzene rings is 1. The third-order valence-corrected chi connectivity index (χ3v) is 3.43. The van der Waals surface area contributed by atoms with Gasteiger partial charge in [0.05, 0.1) is 5.52 Å². The first-order valence-electron chi connectivity index (χ1n) is 6.22. The lowest BCUT2D eigenvalue weighted by atomic mass is 9.71. The molecule has 0 unspecified atom stereocenters. The van der Waals surface area contributed by atoms with Crippen LogP contribution >= 0.6 is 0 Å². The summed E-state index contributed by atoms with van der Waals surface area (Å²) < 4.78 is 28.4. The van der Waals surface area contributed by atoms with Gasteiger partial charge in [0.1, 0.15) is 0 Å². The number of pyridine rings is 1. The summed E-state index contributed by atoms with van der Waals surface area (Å²) in [5, 5.41) is 8.85. The van der Waals surface area contributed by atoms with Crippen LogP contribution in [0, 0.1) is 11.6 Å². The Morgan fingerprint density at radius 3 is 2.55 bits per heavy atom. The van der Waals surface area contributed by atoms with Gasteiger partial charge in [-0.15, -0.1) is 0 Å². The topological polar surface area (TPSA) is 59.3 Å². The Morgan fingerprint density at radius 2 is 1.95 bits per heavy atom. The fraction of sp³-hybridized carbons (Fsp3) is 0.231. The maximum atomic E-state index is 13.4. The molecule has 1 aliphatic rings. The fourth-order valence-electron chi connectivity index (χ4n) is 2.34. The van der Waals surface area contributed by atoms with Gasteiger partial charge in [-0.2, -0.15) is 0 Å². The number of fused-ring (bicyclic) bond motifs is 1. The molecular formula is C13H10BF2NO3. The van der Waals surface area contributed by atoms with Gasteiger partial charge in [-0.3, -0.25) is 9.59 Å². The second kappa shape index (κ2) is 4.43. The highest BCUT2D eigenvalue weighted by molar-refractivity contribution is 6.82. The van der Waals surface area contributed by atoms with E-state index >= 15 is 0 Å². The summed E-state index contributed by atoms with van der Waals surface area (Å²) in [5.41, 5.74) is -0.161. The van der Waals surface area contributed by atoms with Crippen molar-refractivity contribution in [2.24, 2.45) is 0 Å². The summed E-state index contributed by atoms with van der Waals surface area (Å²) in [6.45, 7) is 0. The monoisotopic (exact) mass is 277 g/mol. The van der Waals surface area contributed by atoms with Crippen LogP contribution in [0.1, 0.15) is 18.9 Å². The van der Waals surface area contributed by atoms with Crippen LogP contribution in [0.25, 0.3) is 10.9 Å². The molecule has 0 atom stereocenters. The van der Waals surface area contributed by atoms with Gasteiger partial charge >= 0.3 is 0 Å². The number of halogens is 2. The van der Waals surface area contributed by atoms with E-state index in [4.69, 9.17) is 5.11 Å². The smallest absolute Gasteiger partial charge is 0.299 e. The van der Waals surface area contributed by atoms with Gasteiger partial charge in [0.15, 0.2) is 17.1 Å². The van der Waals surface area contributed by atoms with Gasteiger partial charge in [-0.25, -0.2) is 8.78 Å². The zero-order valence-electron chi connectivity index (χ0n) is 10.4. The van der Waals surface area contributed by atoms with Crippen molar-refractivity contribution in [3.63, 3.8) is 0 Å². The highest BCUT2D eigenvalue weighted by Gasteiger charge is 2.26. The summed E-state index contributed by atoms with van der Waals surface area (Å²) in [6.07, 6.45) is 3.21. The minimum absolute atomic E-state index is 0.0227. The molecule has 2 aromatic rings. The van der Waals surface area contributed by atoms with Crippen LogP contribution in [0.3, 0.4) is 0 Å². The van der Waals surface area contributed by atoms with Crippen LogP contribution in [0.2, 0.25) is 0 Å². The molecule has 3 rings (SSSR count). The summed E-state index contributed by atoms with van der Waals surface area (Å²) >= 11 is 0. The standard InChI is InChI=1S/C13H10BF2NO3/c15-9-3-7-11(4-10(9)16)17(6-1-2-6)5-8(12(7)18)14-13(19)20/h3-6,14H,1-2H2,(H,19,20). The number of hydrogen-bond acceptors (Lipinski definition) is 2. The molecule has 0 bridgehead atoms. The molecule has 1 aromatic carbocycles. The Morgan fingerprint density at radius 1 is 1.30 bits per heavy atom. The van der Waals surface area contributed by atoms with Crippen molar-refractivity contribution in [3.05, 3.63) is 40.2 Å². The molecule has 0 aliphatic heterocycles. The quantitative estimate of drug-likeness (QED) is 0.861. The molecular weight excluding hydrogens is 267 g/mol. The van der Waals surface area contributed by atoms with Crippen molar-refractivity contribution in [2.75, 3.05) is 0 Å². The summed E-state index contributed by atoms with van der Waals surface area (Å²) in [4.78, 5) is 22.9. The van der Waals surface area contributed by atoms with Crippen LogP contribution in [-0.2, 0) is 0 Å². The van der Waals surface area contributed by atoms with Gasteiger partial charge in [-0.1, -0.05) is 0 Å². The van der Waals surface area contributed by atoms with Gasteiger partial charge in [0, 0.05) is 23.7 Å². The number of carboxylic acid groups (broad SMARTS) is 1. The molecule has 20 heavy (non-hydrogen) atoms. The summed E-state index contributed by atoms with van der Waals surface area (Å²) in [6, 6.07) is 1.96. The Balaban J connectivity index is 2.33. The largest absolute Gasteiger partial charge is 0.489 e. The van der Waals surface area contributed by atoms with E-state index < -0.39 is 30.2 Å². The van der Waals surface area contributed by atoms with E-state index in [0.717, 1.165) is 25.0 Å². The fourth-order valence-corrected chi connectivity index (χ4v) is 2.34. The molecule has 0 radical (unpaired) electrons. The second-order valence-electron chi connectivity index (χ2n) is 4.98. The molecule has 0 saturated heterocycles. The Hall–Kier alpha value is -2.18. The normalized spacial score (nSPS) is 14.5. The van der Waals surface area contributed by atoms with Crippen molar-refractivity contribution < 1.29 is 18.7 Å². The van der Waals surface area contributed by atoms with E-state index in [2.05, 4.69) is 0 Å². The molecule has 102 valence electrons. The highest BCUT2D eigenvalue weighted by Crippen LogP contribution is 2.36. The van der Waals surface area contributed by atoms with Crippen molar-refractivity contribution in [2.45, 2.75) is 18.9 Å². The lowest BCUT2D eigenvalue weighted by molar-refractivity contribution is 0.220. The molecule has 0 amide bonds. The number of nitrogens with zero attached hydrogens (tertiary/aromatic N) is 1. The first kappa shape index (κ1) is 12.8. The first-order valence-corrected chi connectivity index (χ1v) is 6.22. The van der Waals surface area contributed by atoms with Crippen molar-refractivity contribution in [3.8, 4) is 0 Å². The molecule has 1 saturated carbocycles. The molecule has 1 heterocycles. The predicted molar refractivity (Wildman–Crippen MR) is 71.2 cm³/mol. The third kappa shape index (κ3) is 2.09. The highest BCUT2D eigenvalue weighted by atomic mass is 19.2. The van der Waals surface area contributed by atoms with Crippen LogP contribution in [0.4, 0.5) is 13.6 Å². The van der Waals surface area contributed by atoms with Crippen LogP contribution in [-0.4, -0.2) is 22.8 Å².